The van der Waals surface area contributed by atoms with Gasteiger partial charge < -0.3 is 14.8 Å². The summed E-state index contributed by atoms with van der Waals surface area (Å²) in [6, 6.07) is 18.7. The average molecular weight is 460 g/mol. The summed E-state index contributed by atoms with van der Waals surface area (Å²) in [6.07, 6.45) is 1.11. The first kappa shape index (κ1) is 23.7. The third-order valence-corrected chi connectivity index (χ3v) is 6.02. The van der Waals surface area contributed by atoms with E-state index in [4.69, 9.17) is 20.0 Å². The maximum atomic E-state index is 12.4. The van der Waals surface area contributed by atoms with E-state index in [-0.39, 0.29) is 18.1 Å². The largest absolute Gasteiger partial charge is 0.494 e. The standard InChI is InChI=1S/C26H29N5O3/c27-12-20-5-7-21(8-6-20)14-29-26(32)19-31-17-24-15-30(16-25(18-31)34-24)9-2-10-33-23-4-1-3-22(11-23)13-28/h1,3-8,11,24-25H,2,9-10,14-19H2,(H,29,32). The molecule has 2 aliphatic rings. The highest BCUT2D eigenvalue weighted by Crippen LogP contribution is 2.19. The zero-order chi connectivity index (χ0) is 23.8. The monoisotopic (exact) mass is 459 g/mol. The lowest BCUT2D eigenvalue weighted by Gasteiger charge is -2.45. The maximum absolute atomic E-state index is 12.4. The van der Waals surface area contributed by atoms with Crippen LogP contribution in [-0.2, 0) is 16.1 Å². The first-order valence-corrected chi connectivity index (χ1v) is 11.6. The Morgan fingerprint density at radius 3 is 2.41 bits per heavy atom. The molecular weight excluding hydrogens is 430 g/mol. The molecule has 0 aliphatic carbocycles. The number of fused-ring (bicyclic) bond motifs is 2. The van der Waals surface area contributed by atoms with Gasteiger partial charge in [-0.05, 0) is 42.3 Å². The Balaban J connectivity index is 1.15. The lowest BCUT2D eigenvalue weighted by Crippen LogP contribution is -2.60. The van der Waals surface area contributed by atoms with Gasteiger partial charge in [-0.15, -0.1) is 0 Å². The van der Waals surface area contributed by atoms with Gasteiger partial charge in [-0.3, -0.25) is 14.6 Å². The van der Waals surface area contributed by atoms with Crippen molar-refractivity contribution in [3.05, 3.63) is 65.2 Å². The van der Waals surface area contributed by atoms with Crippen molar-refractivity contribution >= 4 is 5.91 Å². The molecule has 2 heterocycles. The Kier molecular flexibility index (Phi) is 8.11. The fourth-order valence-corrected chi connectivity index (χ4v) is 4.46. The van der Waals surface area contributed by atoms with Crippen molar-refractivity contribution in [3.8, 4) is 17.9 Å². The number of ether oxygens (including phenoxy) is 2. The molecular formula is C26H29N5O3. The molecule has 4 rings (SSSR count). The molecule has 2 aliphatic heterocycles. The molecule has 176 valence electrons. The molecule has 2 aromatic rings. The van der Waals surface area contributed by atoms with Gasteiger partial charge in [0.25, 0.3) is 0 Å². The number of morpholine rings is 2. The summed E-state index contributed by atoms with van der Waals surface area (Å²) in [5.74, 6) is 0.727. The van der Waals surface area contributed by atoms with Crippen molar-refractivity contribution < 1.29 is 14.3 Å². The van der Waals surface area contributed by atoms with E-state index in [9.17, 15) is 4.79 Å². The molecule has 2 aromatic carbocycles. The number of carbonyl (C=O) groups excluding carboxylic acids is 1. The maximum Gasteiger partial charge on any atom is 0.234 e. The minimum Gasteiger partial charge on any atom is -0.494 e. The van der Waals surface area contributed by atoms with Crippen LogP contribution in [0.3, 0.4) is 0 Å². The van der Waals surface area contributed by atoms with Gasteiger partial charge in [-0.1, -0.05) is 18.2 Å². The third-order valence-electron chi connectivity index (χ3n) is 6.02. The van der Waals surface area contributed by atoms with Gasteiger partial charge in [-0.2, -0.15) is 10.5 Å². The minimum atomic E-state index is -0.00111. The van der Waals surface area contributed by atoms with Crippen LogP contribution in [0.4, 0.5) is 0 Å². The van der Waals surface area contributed by atoms with Crippen LogP contribution in [0, 0.1) is 22.7 Å². The number of carbonyl (C=O) groups is 1. The van der Waals surface area contributed by atoms with Crippen LogP contribution in [0.5, 0.6) is 5.75 Å². The van der Waals surface area contributed by atoms with Crippen LogP contribution in [0.1, 0.15) is 23.1 Å². The number of amides is 1. The number of nitriles is 2. The summed E-state index contributed by atoms with van der Waals surface area (Å²) in [5, 5.41) is 20.8. The molecule has 0 aromatic heterocycles. The smallest absolute Gasteiger partial charge is 0.234 e. The number of rotatable bonds is 9. The van der Waals surface area contributed by atoms with E-state index in [2.05, 4.69) is 27.3 Å². The number of hydrogen-bond donors (Lipinski definition) is 1. The van der Waals surface area contributed by atoms with E-state index in [0.29, 0.717) is 30.8 Å². The second kappa shape index (κ2) is 11.6. The molecule has 1 N–H and O–H groups in total. The van der Waals surface area contributed by atoms with Crippen LogP contribution in [0.25, 0.3) is 0 Å². The first-order chi connectivity index (χ1) is 16.6. The zero-order valence-electron chi connectivity index (χ0n) is 19.2. The van der Waals surface area contributed by atoms with Crippen molar-refractivity contribution in [2.45, 2.75) is 25.2 Å². The molecule has 8 nitrogen and oxygen atoms in total. The van der Waals surface area contributed by atoms with Crippen molar-refractivity contribution in [1.29, 1.82) is 10.5 Å². The van der Waals surface area contributed by atoms with Gasteiger partial charge in [-0.25, -0.2) is 0 Å². The summed E-state index contributed by atoms with van der Waals surface area (Å²) in [4.78, 5) is 17.0. The van der Waals surface area contributed by atoms with E-state index in [1.165, 1.54) is 0 Å². The lowest BCUT2D eigenvalue weighted by atomic mass is 10.1. The number of nitrogens with one attached hydrogen (secondary N) is 1. The molecule has 0 radical (unpaired) electrons. The molecule has 2 unspecified atom stereocenters. The van der Waals surface area contributed by atoms with E-state index in [1.54, 1.807) is 24.3 Å². The van der Waals surface area contributed by atoms with Gasteiger partial charge in [0, 0.05) is 39.3 Å². The highest BCUT2D eigenvalue weighted by molar-refractivity contribution is 5.78. The van der Waals surface area contributed by atoms with E-state index >= 15 is 0 Å². The Bertz CT molecular complexity index is 1050. The van der Waals surface area contributed by atoms with E-state index in [1.807, 2.05) is 24.3 Å². The fourth-order valence-electron chi connectivity index (χ4n) is 4.46. The molecule has 2 saturated heterocycles. The molecule has 0 saturated carbocycles. The SMILES string of the molecule is N#Cc1ccc(CNC(=O)CN2CC3CN(CCCOc4cccc(C#N)c4)CC(C2)O3)cc1. The van der Waals surface area contributed by atoms with Crippen LogP contribution in [0.15, 0.2) is 48.5 Å². The van der Waals surface area contributed by atoms with Crippen LogP contribution < -0.4 is 10.1 Å². The summed E-state index contributed by atoms with van der Waals surface area (Å²) < 4.78 is 11.9. The summed E-state index contributed by atoms with van der Waals surface area (Å²) in [5.41, 5.74) is 2.19. The highest BCUT2D eigenvalue weighted by atomic mass is 16.5. The predicted molar refractivity (Wildman–Crippen MR) is 126 cm³/mol. The van der Waals surface area contributed by atoms with E-state index < -0.39 is 0 Å². The normalized spacial score (nSPS) is 20.2. The van der Waals surface area contributed by atoms with Crippen LogP contribution >= 0.6 is 0 Å². The quantitative estimate of drug-likeness (QED) is 0.572. The topological polar surface area (TPSA) is 102 Å². The Hall–Kier alpha value is -3.43. The molecule has 1 amide bonds. The lowest BCUT2D eigenvalue weighted by molar-refractivity contribution is -0.145. The van der Waals surface area contributed by atoms with Gasteiger partial charge in [0.1, 0.15) is 5.75 Å². The van der Waals surface area contributed by atoms with Crippen LogP contribution in [-0.4, -0.2) is 73.8 Å². The molecule has 0 spiro atoms. The molecule has 34 heavy (non-hydrogen) atoms. The van der Waals surface area contributed by atoms with E-state index in [0.717, 1.165) is 50.5 Å². The number of benzene rings is 2. The predicted octanol–water partition coefficient (Wildman–Crippen LogP) is 1.90. The summed E-state index contributed by atoms with van der Waals surface area (Å²) in [6.45, 7) is 5.55. The Labute approximate surface area is 200 Å². The highest BCUT2D eigenvalue weighted by Gasteiger charge is 2.35. The molecule has 2 fully saturated rings. The van der Waals surface area contributed by atoms with Crippen molar-refractivity contribution in [2.75, 3.05) is 45.9 Å². The van der Waals surface area contributed by atoms with Crippen molar-refractivity contribution in [2.24, 2.45) is 0 Å². The number of nitrogens with zero attached hydrogens (tertiary/aromatic N) is 4. The second-order valence-electron chi connectivity index (χ2n) is 8.76. The zero-order valence-corrected chi connectivity index (χ0v) is 19.2. The van der Waals surface area contributed by atoms with Gasteiger partial charge in [0.15, 0.2) is 0 Å². The van der Waals surface area contributed by atoms with Gasteiger partial charge in [0.2, 0.25) is 5.91 Å². The summed E-state index contributed by atoms with van der Waals surface area (Å²) >= 11 is 0. The number of hydrogen-bond acceptors (Lipinski definition) is 7. The molecule has 2 bridgehead atoms. The third kappa shape index (κ3) is 6.79. The summed E-state index contributed by atoms with van der Waals surface area (Å²) in [7, 11) is 0. The molecule has 8 heteroatoms. The van der Waals surface area contributed by atoms with Crippen molar-refractivity contribution in [3.63, 3.8) is 0 Å². The Morgan fingerprint density at radius 2 is 1.71 bits per heavy atom. The minimum absolute atomic E-state index is 0.00111. The van der Waals surface area contributed by atoms with Gasteiger partial charge in [0.05, 0.1) is 48.6 Å². The van der Waals surface area contributed by atoms with Crippen LogP contribution in [0.2, 0.25) is 0 Å². The Morgan fingerprint density at radius 1 is 1.00 bits per heavy atom. The van der Waals surface area contributed by atoms with Gasteiger partial charge >= 0.3 is 0 Å². The second-order valence-corrected chi connectivity index (χ2v) is 8.76. The average Bonchev–Trinajstić information content (AvgIpc) is 2.85. The molecule has 2 atom stereocenters. The van der Waals surface area contributed by atoms with Crippen molar-refractivity contribution in [1.82, 2.24) is 15.1 Å². The first-order valence-electron chi connectivity index (χ1n) is 11.6. The fraction of sp³-hybridized carbons (Fsp3) is 0.423.